The van der Waals surface area contributed by atoms with Crippen LogP contribution < -0.4 is 0 Å². The van der Waals surface area contributed by atoms with E-state index in [0.29, 0.717) is 0 Å². The Bertz CT molecular complexity index is 1150. The molecular weight excluding hydrogens is 318 g/mol. The number of benzene rings is 2. The van der Waals surface area contributed by atoms with E-state index in [4.69, 9.17) is 15.0 Å². The van der Waals surface area contributed by atoms with Gasteiger partial charge in [0.1, 0.15) is 0 Å². The van der Waals surface area contributed by atoms with Gasteiger partial charge in [-0.05, 0) is 36.4 Å². The van der Waals surface area contributed by atoms with E-state index in [1.165, 1.54) is 0 Å². The molecule has 0 amide bonds. The van der Waals surface area contributed by atoms with Crippen LogP contribution in [0.1, 0.15) is 0 Å². The van der Waals surface area contributed by atoms with Crippen LogP contribution >= 0.6 is 0 Å². The Hall–Kier alpha value is -3.59. The molecule has 3 heterocycles. The monoisotopic (exact) mass is 333 g/mol. The summed E-state index contributed by atoms with van der Waals surface area (Å²) in [6, 6.07) is 30.4. The minimum Gasteiger partial charge on any atom is -0.246 e. The molecule has 0 aliphatic heterocycles. The van der Waals surface area contributed by atoms with Crippen LogP contribution in [0, 0.1) is 0 Å². The number of rotatable bonds is 2. The molecule has 3 nitrogen and oxygen atoms in total. The molecule has 0 spiro atoms. The van der Waals surface area contributed by atoms with E-state index in [2.05, 4.69) is 24.3 Å². The van der Waals surface area contributed by atoms with Crippen molar-refractivity contribution in [2.75, 3.05) is 0 Å². The first-order valence-electron chi connectivity index (χ1n) is 8.56. The highest BCUT2D eigenvalue weighted by Gasteiger charge is 2.07. The second-order valence-corrected chi connectivity index (χ2v) is 6.19. The average molecular weight is 333 g/mol. The summed E-state index contributed by atoms with van der Waals surface area (Å²) >= 11 is 0. The van der Waals surface area contributed by atoms with E-state index in [1.807, 2.05) is 66.7 Å². The number of aromatic nitrogens is 3. The molecule has 0 N–H and O–H groups in total. The topological polar surface area (TPSA) is 38.7 Å². The normalized spacial score (nSPS) is 11.1. The lowest BCUT2D eigenvalue weighted by Gasteiger charge is -2.06. The molecule has 0 saturated heterocycles. The predicted octanol–water partition coefficient (Wildman–Crippen LogP) is 5.51. The Morgan fingerprint density at radius 2 is 0.808 bits per heavy atom. The van der Waals surface area contributed by atoms with Gasteiger partial charge in [-0.2, -0.15) is 0 Å². The van der Waals surface area contributed by atoms with Crippen LogP contribution in [0.15, 0.2) is 91.0 Å². The van der Waals surface area contributed by atoms with Crippen molar-refractivity contribution in [3.05, 3.63) is 91.0 Å². The summed E-state index contributed by atoms with van der Waals surface area (Å²) in [6.07, 6.45) is 0. The molecule has 5 rings (SSSR count). The Labute approximate surface area is 151 Å². The number of pyridine rings is 3. The van der Waals surface area contributed by atoms with E-state index in [1.54, 1.807) is 0 Å². The third-order valence-corrected chi connectivity index (χ3v) is 4.47. The van der Waals surface area contributed by atoms with Crippen LogP contribution in [0.4, 0.5) is 0 Å². The molecule has 0 aliphatic rings. The molecule has 0 saturated carbocycles. The van der Waals surface area contributed by atoms with Crippen LogP contribution in [0.3, 0.4) is 0 Å². The van der Waals surface area contributed by atoms with E-state index in [-0.39, 0.29) is 0 Å². The number of hydrogen-bond acceptors (Lipinski definition) is 3. The van der Waals surface area contributed by atoms with E-state index in [9.17, 15) is 0 Å². The molecule has 0 bridgehead atoms. The fraction of sp³-hybridized carbons (Fsp3) is 0. The maximum atomic E-state index is 4.80. The molecule has 0 atom stereocenters. The van der Waals surface area contributed by atoms with Gasteiger partial charge in [-0.15, -0.1) is 0 Å². The van der Waals surface area contributed by atoms with Gasteiger partial charge in [-0.25, -0.2) is 15.0 Å². The second-order valence-electron chi connectivity index (χ2n) is 6.19. The molecule has 122 valence electrons. The second kappa shape index (κ2) is 6.05. The van der Waals surface area contributed by atoms with Crippen molar-refractivity contribution in [3.63, 3.8) is 0 Å². The molecule has 0 radical (unpaired) electrons. The van der Waals surface area contributed by atoms with Crippen LogP contribution in [0.5, 0.6) is 0 Å². The van der Waals surface area contributed by atoms with Crippen molar-refractivity contribution in [3.8, 4) is 22.8 Å². The zero-order chi connectivity index (χ0) is 17.3. The summed E-state index contributed by atoms with van der Waals surface area (Å²) in [7, 11) is 0. The van der Waals surface area contributed by atoms with Crippen molar-refractivity contribution >= 4 is 21.8 Å². The summed E-state index contributed by atoms with van der Waals surface area (Å²) in [5.41, 5.74) is 5.38. The van der Waals surface area contributed by atoms with Gasteiger partial charge in [0.25, 0.3) is 0 Å². The van der Waals surface area contributed by atoms with Gasteiger partial charge >= 0.3 is 0 Å². The molecule has 0 fully saturated rings. The first-order valence-corrected chi connectivity index (χ1v) is 8.56. The van der Waals surface area contributed by atoms with Crippen molar-refractivity contribution in [1.82, 2.24) is 15.0 Å². The van der Waals surface area contributed by atoms with Gasteiger partial charge in [0.05, 0.1) is 33.8 Å². The molecule has 5 aromatic rings. The van der Waals surface area contributed by atoms with E-state index >= 15 is 0 Å². The third-order valence-electron chi connectivity index (χ3n) is 4.47. The molecule has 26 heavy (non-hydrogen) atoms. The lowest BCUT2D eigenvalue weighted by molar-refractivity contribution is 1.25. The number of nitrogens with zero attached hydrogens (tertiary/aromatic N) is 3. The van der Waals surface area contributed by atoms with Gasteiger partial charge in [0.15, 0.2) is 0 Å². The summed E-state index contributed by atoms with van der Waals surface area (Å²) < 4.78 is 0. The highest BCUT2D eigenvalue weighted by atomic mass is 14.8. The minimum atomic E-state index is 0.850. The first-order chi connectivity index (χ1) is 12.9. The van der Waals surface area contributed by atoms with Crippen LogP contribution in [0.2, 0.25) is 0 Å². The van der Waals surface area contributed by atoms with Crippen molar-refractivity contribution < 1.29 is 0 Å². The first kappa shape index (κ1) is 14.7. The number of hydrogen-bond donors (Lipinski definition) is 0. The zero-order valence-corrected chi connectivity index (χ0v) is 14.0. The lowest BCUT2D eigenvalue weighted by Crippen LogP contribution is -1.92. The fourth-order valence-corrected chi connectivity index (χ4v) is 3.14. The van der Waals surface area contributed by atoms with E-state index < -0.39 is 0 Å². The van der Waals surface area contributed by atoms with Gasteiger partial charge in [-0.3, -0.25) is 0 Å². The van der Waals surface area contributed by atoms with Crippen molar-refractivity contribution in [2.45, 2.75) is 0 Å². The fourth-order valence-electron chi connectivity index (χ4n) is 3.14. The Morgan fingerprint density at radius 1 is 0.346 bits per heavy atom. The SMILES string of the molecule is c1cc(-c2ccc3ccccc3n2)nc(-c2ccc3ccccc3n2)c1. The molecule has 2 aromatic carbocycles. The summed E-state index contributed by atoms with van der Waals surface area (Å²) in [6.45, 7) is 0. The predicted molar refractivity (Wildman–Crippen MR) is 106 cm³/mol. The largest absolute Gasteiger partial charge is 0.246 e. The zero-order valence-electron chi connectivity index (χ0n) is 14.0. The third kappa shape index (κ3) is 2.60. The maximum Gasteiger partial charge on any atom is 0.0894 e. The standard InChI is InChI=1S/C23H15N3/c1-3-8-18-16(6-1)12-14-22(24-18)20-10-5-11-21(26-20)23-15-13-17-7-2-4-9-19(17)25-23/h1-15H. The number of fused-ring (bicyclic) bond motifs is 2. The Balaban J connectivity index is 1.60. The molecular formula is C23H15N3. The summed E-state index contributed by atoms with van der Waals surface area (Å²) in [4.78, 5) is 14.3. The maximum absolute atomic E-state index is 4.80. The molecule has 3 aromatic heterocycles. The number of para-hydroxylation sites is 2. The van der Waals surface area contributed by atoms with Crippen molar-refractivity contribution in [2.24, 2.45) is 0 Å². The van der Waals surface area contributed by atoms with E-state index in [0.717, 1.165) is 44.6 Å². The average Bonchev–Trinajstić information content (AvgIpc) is 2.73. The van der Waals surface area contributed by atoms with Gasteiger partial charge < -0.3 is 0 Å². The van der Waals surface area contributed by atoms with Crippen molar-refractivity contribution in [1.29, 1.82) is 0 Å². The highest BCUT2D eigenvalue weighted by molar-refractivity contribution is 5.82. The van der Waals surface area contributed by atoms with Gasteiger partial charge in [-0.1, -0.05) is 54.6 Å². The highest BCUT2D eigenvalue weighted by Crippen LogP contribution is 2.24. The van der Waals surface area contributed by atoms with Crippen LogP contribution in [0.25, 0.3) is 44.6 Å². The quantitative estimate of drug-likeness (QED) is 0.427. The van der Waals surface area contributed by atoms with Gasteiger partial charge in [0.2, 0.25) is 0 Å². The Kier molecular flexibility index (Phi) is 3.42. The van der Waals surface area contributed by atoms with Gasteiger partial charge in [0, 0.05) is 10.8 Å². The minimum absolute atomic E-state index is 0.850. The lowest BCUT2D eigenvalue weighted by atomic mass is 10.1. The Morgan fingerprint density at radius 3 is 1.35 bits per heavy atom. The summed E-state index contributed by atoms with van der Waals surface area (Å²) in [5, 5.41) is 2.26. The molecule has 0 unspecified atom stereocenters. The van der Waals surface area contributed by atoms with Crippen LogP contribution in [-0.2, 0) is 0 Å². The van der Waals surface area contributed by atoms with Crippen LogP contribution in [-0.4, -0.2) is 15.0 Å². The molecule has 3 heteroatoms. The summed E-state index contributed by atoms with van der Waals surface area (Å²) in [5.74, 6) is 0. The smallest absolute Gasteiger partial charge is 0.0894 e. The molecule has 0 aliphatic carbocycles.